The lowest BCUT2D eigenvalue weighted by atomic mass is 8.94. The highest BCUT2D eigenvalue weighted by atomic mass is 19.1. The molecule has 0 unspecified atom stereocenters. The average Bonchev–Trinajstić information content (AvgIpc) is 3.34. The molecule has 7 aliphatic rings. The summed E-state index contributed by atoms with van der Waals surface area (Å²) < 4.78 is 21.0. The molecule has 6 fully saturated rings. The van der Waals surface area contributed by atoms with Crippen LogP contribution in [0.5, 0.6) is 5.75 Å². The molecule has 4 N–H and O–H groups in total. The van der Waals surface area contributed by atoms with Crippen molar-refractivity contribution in [2.75, 3.05) is 25.5 Å². The summed E-state index contributed by atoms with van der Waals surface area (Å²) in [6, 6.07) is 6.54. The first-order valence-electron chi connectivity index (χ1n) is 13.3. The number of rotatable bonds is 7. The van der Waals surface area contributed by atoms with Gasteiger partial charge in [-0.25, -0.2) is 13.9 Å². The number of ether oxygens (including phenoxy) is 1. The molecule has 6 saturated carbocycles. The second-order valence-electron chi connectivity index (χ2n) is 11.7. The molecular formula is C27H24FN7O4. The Balaban J connectivity index is 0.926. The first-order chi connectivity index (χ1) is 18.9. The fourth-order valence-electron chi connectivity index (χ4n) is 9.66. The maximum atomic E-state index is 14.5. The quantitative estimate of drug-likeness (QED) is 0.351. The topological polar surface area (TPSA) is 139 Å². The third kappa shape index (κ3) is 2.22. The monoisotopic (exact) mass is 529 g/mol. The van der Waals surface area contributed by atoms with Crippen molar-refractivity contribution in [2.24, 2.45) is 40.9 Å². The van der Waals surface area contributed by atoms with Crippen molar-refractivity contribution in [3.05, 3.63) is 53.2 Å². The maximum Gasteiger partial charge on any atom is 0.270 e. The zero-order chi connectivity index (χ0) is 26.4. The Kier molecular flexibility index (Phi) is 3.77. The van der Waals surface area contributed by atoms with E-state index in [9.17, 15) is 18.8 Å². The van der Waals surface area contributed by atoms with Crippen LogP contribution >= 0.6 is 0 Å². The van der Waals surface area contributed by atoms with Gasteiger partial charge < -0.3 is 26.0 Å². The molecule has 0 bridgehead atoms. The van der Waals surface area contributed by atoms with E-state index in [-0.39, 0.29) is 41.5 Å². The van der Waals surface area contributed by atoms with Crippen molar-refractivity contribution < 1.29 is 23.5 Å². The number of anilines is 1. The predicted octanol–water partition coefficient (Wildman–Crippen LogP) is 0.569. The number of hydrogen-bond acceptors (Lipinski definition) is 7. The number of halogens is 1. The molecule has 3 aromatic rings. The molecular weight excluding hydrogens is 505 g/mol. The largest absolute Gasteiger partial charge is 0.482 e. The maximum absolute atomic E-state index is 14.5. The second-order valence-corrected chi connectivity index (χ2v) is 11.7. The summed E-state index contributed by atoms with van der Waals surface area (Å²) >= 11 is 0. The number of nitrogens with one attached hydrogen (secondary N) is 4. The Bertz CT molecular complexity index is 1630. The van der Waals surface area contributed by atoms with Gasteiger partial charge in [-0.2, -0.15) is 5.10 Å². The van der Waals surface area contributed by atoms with E-state index in [1.165, 1.54) is 6.07 Å². The molecule has 0 spiro atoms. The molecule has 1 aliphatic heterocycles. The standard InChI is InChI=1S/C27H24FN7O4/c1-29-27-20-17-21(27)19-22(27)18(20)26(17,19)9-31-25(38)14-5-13(34-23-11(28)7-32-35(14)23)24(37)30-6-10-2-3-15-12(4-10)33-16(36)8-39-15/h2-5,7,17-22,29H,6,8-9H2,1H3,(H,30,37)(H,31,38)(H,33,36). The first kappa shape index (κ1) is 21.8. The van der Waals surface area contributed by atoms with Crippen LogP contribution in [0.4, 0.5) is 10.1 Å². The highest BCUT2D eigenvalue weighted by molar-refractivity contribution is 5.98. The second kappa shape index (κ2) is 6.74. The minimum Gasteiger partial charge on any atom is -0.482 e. The number of benzene rings is 1. The highest BCUT2D eigenvalue weighted by Crippen LogP contribution is 3.06. The molecule has 0 saturated heterocycles. The van der Waals surface area contributed by atoms with Gasteiger partial charge >= 0.3 is 0 Å². The fourth-order valence-corrected chi connectivity index (χ4v) is 9.66. The van der Waals surface area contributed by atoms with Crippen molar-refractivity contribution in [3.63, 3.8) is 0 Å². The number of nitrogens with zero attached hydrogens (tertiary/aromatic N) is 3. The Morgan fingerprint density at radius 3 is 2.64 bits per heavy atom. The van der Waals surface area contributed by atoms with E-state index in [1.807, 2.05) is 0 Å². The Morgan fingerprint density at radius 1 is 1.13 bits per heavy atom. The van der Waals surface area contributed by atoms with Crippen LogP contribution in [0.3, 0.4) is 0 Å². The lowest BCUT2D eigenvalue weighted by molar-refractivity contribution is -0.623. The number of hydrogen-bond donors (Lipinski definition) is 4. The Morgan fingerprint density at radius 2 is 1.90 bits per heavy atom. The SMILES string of the molecule is CNC12C3C4C1C1C2C3C41CNC(=O)c1cc(C(=O)NCc2ccc3c(c2)NC(=O)CO3)nc2c(F)cnn12. The minimum atomic E-state index is -0.720. The molecule has 0 radical (unpaired) electrons. The Hall–Kier alpha value is -4.06. The van der Waals surface area contributed by atoms with Gasteiger partial charge in [-0.05, 0) is 65.7 Å². The summed E-state index contributed by atoms with van der Waals surface area (Å²) in [5.41, 5.74) is 1.66. The molecule has 12 heteroatoms. The molecule has 198 valence electrons. The molecule has 10 rings (SSSR count). The van der Waals surface area contributed by atoms with E-state index in [4.69, 9.17) is 4.74 Å². The number of carbonyl (C=O) groups excluding carboxylic acids is 3. The summed E-state index contributed by atoms with van der Waals surface area (Å²) in [5, 5.41) is 16.1. The number of fused-ring (bicyclic) bond motifs is 2. The van der Waals surface area contributed by atoms with Crippen molar-refractivity contribution in [1.82, 2.24) is 30.5 Å². The van der Waals surface area contributed by atoms with Crippen molar-refractivity contribution in [3.8, 4) is 5.75 Å². The van der Waals surface area contributed by atoms with Gasteiger partial charge in [0.1, 0.15) is 17.1 Å². The van der Waals surface area contributed by atoms with Gasteiger partial charge in [0, 0.05) is 24.7 Å². The lowest BCUT2D eigenvalue weighted by Gasteiger charge is -3.11. The van der Waals surface area contributed by atoms with Crippen LogP contribution in [0.15, 0.2) is 30.5 Å². The van der Waals surface area contributed by atoms with Crippen molar-refractivity contribution in [1.29, 1.82) is 0 Å². The normalized spacial score (nSPS) is 36.5. The smallest absolute Gasteiger partial charge is 0.270 e. The van der Waals surface area contributed by atoms with Gasteiger partial charge in [0.25, 0.3) is 17.7 Å². The molecule has 2 aromatic heterocycles. The first-order valence-corrected chi connectivity index (χ1v) is 13.3. The predicted molar refractivity (Wildman–Crippen MR) is 132 cm³/mol. The number of amides is 3. The van der Waals surface area contributed by atoms with Gasteiger partial charge in [-0.1, -0.05) is 6.07 Å². The van der Waals surface area contributed by atoms with Crippen LogP contribution < -0.4 is 26.0 Å². The van der Waals surface area contributed by atoms with Gasteiger partial charge in [-0.15, -0.1) is 0 Å². The molecule has 11 nitrogen and oxygen atoms in total. The fraction of sp³-hybridized carbons (Fsp3) is 0.444. The zero-order valence-electron chi connectivity index (χ0n) is 20.8. The van der Waals surface area contributed by atoms with E-state index in [0.29, 0.717) is 41.3 Å². The molecule has 39 heavy (non-hydrogen) atoms. The van der Waals surface area contributed by atoms with Gasteiger partial charge in [-0.3, -0.25) is 14.4 Å². The highest BCUT2D eigenvalue weighted by Gasteiger charge is 3.09. The summed E-state index contributed by atoms with van der Waals surface area (Å²) in [6.45, 7) is 0.685. The lowest BCUT2D eigenvalue weighted by Crippen LogP contribution is -3.15. The molecule has 3 heterocycles. The van der Waals surface area contributed by atoms with Crippen LogP contribution in [0.1, 0.15) is 26.5 Å². The zero-order valence-corrected chi connectivity index (χ0v) is 20.8. The Labute approximate surface area is 220 Å². The van der Waals surface area contributed by atoms with Gasteiger partial charge in [0.05, 0.1) is 11.9 Å². The van der Waals surface area contributed by atoms with Crippen LogP contribution in [0.2, 0.25) is 0 Å². The van der Waals surface area contributed by atoms with E-state index in [0.717, 1.165) is 34.0 Å². The summed E-state index contributed by atoms with van der Waals surface area (Å²) in [7, 11) is 2.07. The molecule has 0 atom stereocenters. The van der Waals surface area contributed by atoms with Gasteiger partial charge in [0.15, 0.2) is 18.1 Å². The molecule has 6 aliphatic carbocycles. The van der Waals surface area contributed by atoms with Crippen LogP contribution in [-0.2, 0) is 11.3 Å². The summed E-state index contributed by atoms with van der Waals surface area (Å²) in [6.07, 6.45) is 0.986. The molecule has 1 aromatic carbocycles. The average molecular weight is 530 g/mol. The van der Waals surface area contributed by atoms with E-state index in [1.54, 1.807) is 18.2 Å². The third-order valence-electron chi connectivity index (χ3n) is 10.8. The number of aromatic nitrogens is 3. The molecule has 3 amide bonds. The third-order valence-corrected chi connectivity index (χ3v) is 10.8. The van der Waals surface area contributed by atoms with E-state index >= 15 is 0 Å². The number of carbonyl (C=O) groups is 3. The van der Waals surface area contributed by atoms with Crippen LogP contribution in [0, 0.1) is 46.7 Å². The summed E-state index contributed by atoms with van der Waals surface area (Å²) in [5.74, 6) is 3.02. The summed E-state index contributed by atoms with van der Waals surface area (Å²) in [4.78, 5) is 42.1. The van der Waals surface area contributed by atoms with E-state index in [2.05, 4.69) is 38.4 Å². The van der Waals surface area contributed by atoms with E-state index < -0.39 is 17.6 Å². The minimum absolute atomic E-state index is 0.0420. The van der Waals surface area contributed by atoms with Crippen molar-refractivity contribution in [2.45, 2.75) is 12.1 Å². The van der Waals surface area contributed by atoms with Crippen LogP contribution in [-0.4, -0.2) is 58.1 Å². The van der Waals surface area contributed by atoms with Crippen LogP contribution in [0.25, 0.3) is 5.65 Å². The van der Waals surface area contributed by atoms with Crippen molar-refractivity contribution >= 4 is 29.1 Å². The van der Waals surface area contributed by atoms with Gasteiger partial charge in [0.2, 0.25) is 0 Å².